The van der Waals surface area contributed by atoms with E-state index in [1.165, 1.54) is 23.2 Å². The molecule has 0 saturated heterocycles. The van der Waals surface area contributed by atoms with Crippen molar-refractivity contribution < 1.29 is 27.1 Å². The quantitative estimate of drug-likeness (QED) is 0.749. The number of carbonyl (C=O) groups excluding carboxylic acids is 1. The summed E-state index contributed by atoms with van der Waals surface area (Å²) in [6.45, 7) is -1.49. The number of carbonyl (C=O) groups is 1. The van der Waals surface area contributed by atoms with Gasteiger partial charge in [0.15, 0.2) is 12.4 Å². The number of rotatable bonds is 5. The van der Waals surface area contributed by atoms with E-state index in [4.69, 9.17) is 4.42 Å². The minimum absolute atomic E-state index is 0.0953. The molecule has 0 aliphatic heterocycles. The van der Waals surface area contributed by atoms with Crippen LogP contribution in [0.2, 0.25) is 0 Å². The molecule has 3 aromatic heterocycles. The van der Waals surface area contributed by atoms with Gasteiger partial charge in [-0.15, -0.1) is 0 Å². The van der Waals surface area contributed by atoms with E-state index < -0.39 is 18.7 Å². The zero-order valence-electron chi connectivity index (χ0n) is 13.4. The average Bonchev–Trinajstić information content (AvgIpc) is 3.23. The Morgan fingerprint density at radius 3 is 2.85 bits per heavy atom. The van der Waals surface area contributed by atoms with Gasteiger partial charge in [0.1, 0.15) is 11.5 Å². The molecule has 3 aromatic rings. The van der Waals surface area contributed by atoms with Crippen LogP contribution in [0, 0.1) is 0 Å². The van der Waals surface area contributed by atoms with Crippen LogP contribution in [0.5, 0.6) is 5.88 Å². The highest BCUT2D eigenvalue weighted by Gasteiger charge is 2.28. The second kappa shape index (κ2) is 6.90. The Balaban J connectivity index is 1.72. The molecule has 0 unspecified atom stereocenters. The van der Waals surface area contributed by atoms with Crippen molar-refractivity contribution in [3.05, 3.63) is 48.4 Å². The number of alkyl halides is 3. The van der Waals surface area contributed by atoms with E-state index in [9.17, 15) is 18.0 Å². The summed E-state index contributed by atoms with van der Waals surface area (Å²) in [6.07, 6.45) is -1.79. The molecule has 136 valence electrons. The normalized spacial score (nSPS) is 11.4. The molecule has 0 radical (unpaired) electrons. The maximum absolute atomic E-state index is 12.3. The predicted octanol–water partition coefficient (Wildman–Crippen LogP) is 3.27. The minimum atomic E-state index is -4.49. The Bertz CT molecular complexity index is 904. The summed E-state index contributed by atoms with van der Waals surface area (Å²) in [7, 11) is 1.63. The molecule has 3 heterocycles. The molecule has 1 N–H and O–H groups in total. The molecule has 26 heavy (non-hydrogen) atoms. The first-order chi connectivity index (χ1) is 12.3. The smallest absolute Gasteiger partial charge is 0.422 e. The number of amides is 1. The Labute approximate surface area is 145 Å². The third-order valence-corrected chi connectivity index (χ3v) is 3.28. The predicted molar refractivity (Wildman–Crippen MR) is 84.7 cm³/mol. The lowest BCUT2D eigenvalue weighted by molar-refractivity contribution is -0.154. The number of nitrogens with one attached hydrogen (secondary N) is 1. The lowest BCUT2D eigenvalue weighted by Crippen LogP contribution is -2.20. The van der Waals surface area contributed by atoms with E-state index in [0.717, 1.165) is 6.07 Å². The van der Waals surface area contributed by atoms with Crippen molar-refractivity contribution >= 4 is 11.7 Å². The first kappa shape index (κ1) is 17.5. The van der Waals surface area contributed by atoms with Crippen LogP contribution in [0.15, 0.2) is 47.2 Å². The standard InChI is InChI=1S/C16H13F3N4O3/c1-23-13(8-11(22-23)12-3-2-6-25-12)21-15(24)10-4-5-20-14(7-10)26-9-16(17,18)19/h2-8H,9H2,1H3,(H,21,24). The summed E-state index contributed by atoms with van der Waals surface area (Å²) in [5.41, 5.74) is 0.620. The number of aryl methyl sites for hydroxylation is 1. The van der Waals surface area contributed by atoms with Gasteiger partial charge in [0.2, 0.25) is 5.88 Å². The van der Waals surface area contributed by atoms with Crippen molar-refractivity contribution in [2.75, 3.05) is 11.9 Å². The zero-order chi connectivity index (χ0) is 18.7. The molecular weight excluding hydrogens is 353 g/mol. The molecule has 0 bridgehead atoms. The number of pyridine rings is 1. The van der Waals surface area contributed by atoms with E-state index in [1.807, 2.05) is 0 Å². The van der Waals surface area contributed by atoms with E-state index in [0.29, 0.717) is 17.3 Å². The van der Waals surface area contributed by atoms with E-state index in [2.05, 4.69) is 20.1 Å². The number of anilines is 1. The summed E-state index contributed by atoms with van der Waals surface area (Å²) in [6, 6.07) is 7.53. The molecule has 7 nitrogen and oxygen atoms in total. The average molecular weight is 366 g/mol. The van der Waals surface area contributed by atoms with Gasteiger partial charge in [0.25, 0.3) is 5.91 Å². The number of hydrogen-bond acceptors (Lipinski definition) is 5. The highest BCUT2D eigenvalue weighted by Crippen LogP contribution is 2.22. The summed E-state index contributed by atoms with van der Waals surface area (Å²) < 4.78 is 47.8. The van der Waals surface area contributed by atoms with Gasteiger partial charge in [0, 0.05) is 30.9 Å². The van der Waals surface area contributed by atoms with Gasteiger partial charge in [-0.1, -0.05) is 0 Å². The van der Waals surface area contributed by atoms with Gasteiger partial charge >= 0.3 is 6.18 Å². The summed E-state index contributed by atoms with van der Waals surface area (Å²) in [4.78, 5) is 16.0. The summed E-state index contributed by atoms with van der Waals surface area (Å²) in [5.74, 6) is 0.0818. The van der Waals surface area contributed by atoms with Crippen molar-refractivity contribution in [3.8, 4) is 17.3 Å². The Morgan fingerprint density at radius 2 is 2.15 bits per heavy atom. The fourth-order valence-corrected chi connectivity index (χ4v) is 2.10. The monoisotopic (exact) mass is 366 g/mol. The van der Waals surface area contributed by atoms with Crippen LogP contribution in [-0.4, -0.2) is 33.5 Å². The second-order valence-corrected chi connectivity index (χ2v) is 5.26. The maximum Gasteiger partial charge on any atom is 0.422 e. The fraction of sp³-hybridized carbons (Fsp3) is 0.188. The molecule has 0 aliphatic rings. The Hall–Kier alpha value is -3.30. The van der Waals surface area contributed by atoms with Crippen LogP contribution in [0.4, 0.5) is 19.0 Å². The fourth-order valence-electron chi connectivity index (χ4n) is 2.10. The lowest BCUT2D eigenvalue weighted by atomic mass is 10.2. The van der Waals surface area contributed by atoms with Crippen molar-refractivity contribution in [1.29, 1.82) is 0 Å². The van der Waals surface area contributed by atoms with E-state index >= 15 is 0 Å². The Morgan fingerprint density at radius 1 is 1.35 bits per heavy atom. The SMILES string of the molecule is Cn1nc(-c2ccco2)cc1NC(=O)c1ccnc(OCC(F)(F)F)c1. The number of nitrogens with zero attached hydrogens (tertiary/aromatic N) is 3. The molecule has 0 aromatic carbocycles. The van der Waals surface area contributed by atoms with Crippen molar-refractivity contribution in [2.24, 2.45) is 7.05 Å². The molecular formula is C16H13F3N4O3. The number of ether oxygens (including phenoxy) is 1. The van der Waals surface area contributed by atoms with Gasteiger partial charge in [-0.05, 0) is 18.2 Å². The molecule has 1 amide bonds. The minimum Gasteiger partial charge on any atom is -0.468 e. The van der Waals surface area contributed by atoms with E-state index in [-0.39, 0.29) is 11.4 Å². The van der Waals surface area contributed by atoms with Crippen LogP contribution in [0.25, 0.3) is 11.5 Å². The van der Waals surface area contributed by atoms with E-state index in [1.54, 1.807) is 25.2 Å². The lowest BCUT2D eigenvalue weighted by Gasteiger charge is -2.09. The Kier molecular flexibility index (Phi) is 4.65. The van der Waals surface area contributed by atoms with Crippen molar-refractivity contribution in [1.82, 2.24) is 14.8 Å². The number of furan rings is 1. The zero-order valence-corrected chi connectivity index (χ0v) is 13.4. The third kappa shape index (κ3) is 4.21. The van der Waals surface area contributed by atoms with Gasteiger partial charge in [-0.3, -0.25) is 9.48 Å². The molecule has 10 heteroatoms. The maximum atomic E-state index is 12.3. The first-order valence-corrected chi connectivity index (χ1v) is 7.37. The number of halogens is 3. The highest BCUT2D eigenvalue weighted by atomic mass is 19.4. The van der Waals surface area contributed by atoms with Crippen LogP contribution < -0.4 is 10.1 Å². The molecule has 3 rings (SSSR count). The van der Waals surface area contributed by atoms with Crippen molar-refractivity contribution in [3.63, 3.8) is 0 Å². The first-order valence-electron chi connectivity index (χ1n) is 7.37. The van der Waals surface area contributed by atoms with Crippen LogP contribution in [-0.2, 0) is 7.05 Å². The molecule has 0 atom stereocenters. The van der Waals surface area contributed by atoms with Crippen LogP contribution in [0.3, 0.4) is 0 Å². The van der Waals surface area contributed by atoms with Gasteiger partial charge in [0.05, 0.1) is 6.26 Å². The highest BCUT2D eigenvalue weighted by molar-refractivity contribution is 6.04. The topological polar surface area (TPSA) is 82.2 Å². The summed E-state index contributed by atoms with van der Waals surface area (Å²) in [5, 5.41) is 6.84. The largest absolute Gasteiger partial charge is 0.468 e. The number of aromatic nitrogens is 3. The van der Waals surface area contributed by atoms with Crippen LogP contribution in [0.1, 0.15) is 10.4 Å². The second-order valence-electron chi connectivity index (χ2n) is 5.26. The third-order valence-electron chi connectivity index (χ3n) is 3.28. The van der Waals surface area contributed by atoms with Crippen LogP contribution >= 0.6 is 0 Å². The van der Waals surface area contributed by atoms with Gasteiger partial charge < -0.3 is 14.5 Å². The number of hydrogen-bond donors (Lipinski definition) is 1. The summed E-state index contributed by atoms with van der Waals surface area (Å²) >= 11 is 0. The van der Waals surface area contributed by atoms with Gasteiger partial charge in [-0.2, -0.15) is 18.3 Å². The van der Waals surface area contributed by atoms with Crippen molar-refractivity contribution in [2.45, 2.75) is 6.18 Å². The van der Waals surface area contributed by atoms with Gasteiger partial charge in [-0.25, -0.2) is 4.98 Å². The molecule has 0 aliphatic carbocycles. The molecule has 0 spiro atoms. The molecule has 0 saturated carbocycles. The molecule has 0 fully saturated rings.